The maximum Gasteiger partial charge on any atom is 0.331 e. The van der Waals surface area contributed by atoms with Gasteiger partial charge in [0.05, 0.1) is 32.7 Å². The van der Waals surface area contributed by atoms with Crippen molar-refractivity contribution in [2.45, 2.75) is 63.9 Å². The van der Waals surface area contributed by atoms with E-state index in [1.54, 1.807) is 12.3 Å². The Bertz CT molecular complexity index is 1040. The lowest BCUT2D eigenvalue weighted by Crippen LogP contribution is -2.34. The van der Waals surface area contributed by atoms with Crippen molar-refractivity contribution in [3.05, 3.63) is 72.0 Å². The molecule has 2 saturated heterocycles. The number of carbonyl (C=O) groups is 1. The summed E-state index contributed by atoms with van der Waals surface area (Å²) < 4.78 is 34.6. The van der Waals surface area contributed by atoms with Crippen LogP contribution in [0.25, 0.3) is 12.2 Å². The molecule has 0 saturated carbocycles. The van der Waals surface area contributed by atoms with E-state index in [0.717, 1.165) is 54.9 Å². The third-order valence-electron chi connectivity index (χ3n) is 6.45. The van der Waals surface area contributed by atoms with Gasteiger partial charge in [0, 0.05) is 6.08 Å². The SMILES string of the molecule is CCCCOc1ccc(C=CO[C@@H]2CO[C@H]3[C@@H]2OC[C@H]3OC(=O)/C=C/c2ccc(OCCCC)cc2)cc1. The Morgan fingerprint density at radius 3 is 1.89 bits per heavy atom. The molecule has 4 rings (SSSR count). The quantitative estimate of drug-likeness (QED) is 0.134. The topological polar surface area (TPSA) is 72.5 Å². The van der Waals surface area contributed by atoms with Crippen molar-refractivity contribution in [2.24, 2.45) is 0 Å². The number of esters is 1. The van der Waals surface area contributed by atoms with Gasteiger partial charge >= 0.3 is 5.97 Å². The maximum absolute atomic E-state index is 12.4. The Balaban J connectivity index is 1.20. The lowest BCUT2D eigenvalue weighted by Gasteiger charge is -2.16. The van der Waals surface area contributed by atoms with Crippen LogP contribution >= 0.6 is 0 Å². The van der Waals surface area contributed by atoms with Crippen molar-refractivity contribution in [1.82, 2.24) is 0 Å². The van der Waals surface area contributed by atoms with Crippen LogP contribution in [0.5, 0.6) is 11.5 Å². The minimum absolute atomic E-state index is 0.259. The number of benzene rings is 2. The van der Waals surface area contributed by atoms with E-state index in [0.29, 0.717) is 13.2 Å². The molecule has 2 aromatic rings. The highest BCUT2D eigenvalue weighted by atomic mass is 16.7. The normalized spacial score (nSPS) is 22.6. The second kappa shape index (κ2) is 14.6. The van der Waals surface area contributed by atoms with Crippen LogP contribution in [-0.4, -0.2) is 56.8 Å². The lowest BCUT2D eigenvalue weighted by atomic mass is 10.1. The first-order valence-corrected chi connectivity index (χ1v) is 13.6. The number of hydrogen-bond donors (Lipinski definition) is 0. The van der Waals surface area contributed by atoms with Crippen molar-refractivity contribution in [1.29, 1.82) is 0 Å². The molecule has 0 aromatic heterocycles. The predicted octanol–water partition coefficient (Wildman–Crippen LogP) is 5.82. The first-order chi connectivity index (χ1) is 18.7. The second-order valence-electron chi connectivity index (χ2n) is 9.42. The third-order valence-corrected chi connectivity index (χ3v) is 6.45. The zero-order valence-electron chi connectivity index (χ0n) is 22.3. The summed E-state index contributed by atoms with van der Waals surface area (Å²) >= 11 is 0. The Morgan fingerprint density at radius 2 is 1.32 bits per heavy atom. The first-order valence-electron chi connectivity index (χ1n) is 13.6. The van der Waals surface area contributed by atoms with Crippen molar-refractivity contribution in [3.8, 4) is 11.5 Å². The van der Waals surface area contributed by atoms with E-state index in [1.165, 1.54) is 6.08 Å². The standard InChI is InChI=1S/C31H38O7/c1-3-5-18-33-25-12-7-23(8-13-25)11-16-29(32)38-28-22-37-30-27(21-36-31(28)30)35-20-17-24-9-14-26(15-10-24)34-19-6-4-2/h7-17,20,27-28,30-31H,3-6,18-19,21-22H2,1-2H3/b16-11+,20-17?/t27-,28-,30-,31-/m1/s1. The fourth-order valence-electron chi connectivity index (χ4n) is 4.24. The fourth-order valence-corrected chi connectivity index (χ4v) is 4.24. The van der Waals surface area contributed by atoms with Crippen LogP contribution in [-0.2, 0) is 23.7 Å². The molecule has 0 radical (unpaired) electrons. The summed E-state index contributed by atoms with van der Waals surface area (Å²) in [7, 11) is 0. The highest BCUT2D eigenvalue weighted by molar-refractivity contribution is 5.87. The van der Waals surface area contributed by atoms with Crippen molar-refractivity contribution < 1.29 is 33.2 Å². The second-order valence-corrected chi connectivity index (χ2v) is 9.42. The van der Waals surface area contributed by atoms with E-state index in [9.17, 15) is 4.79 Å². The monoisotopic (exact) mass is 522 g/mol. The molecule has 7 nitrogen and oxygen atoms in total. The number of carbonyl (C=O) groups excluding carboxylic acids is 1. The summed E-state index contributed by atoms with van der Waals surface area (Å²) in [6.45, 7) is 6.36. The molecule has 2 aromatic carbocycles. The zero-order chi connectivity index (χ0) is 26.6. The van der Waals surface area contributed by atoms with Gasteiger partial charge in [0.15, 0.2) is 6.10 Å². The average Bonchev–Trinajstić information content (AvgIpc) is 3.52. The summed E-state index contributed by atoms with van der Waals surface area (Å²) in [5, 5.41) is 0. The van der Waals surface area contributed by atoms with Crippen LogP contribution in [0.2, 0.25) is 0 Å². The minimum Gasteiger partial charge on any atom is -0.494 e. The van der Waals surface area contributed by atoms with Crippen LogP contribution in [0.1, 0.15) is 50.7 Å². The van der Waals surface area contributed by atoms with Gasteiger partial charge in [-0.15, -0.1) is 0 Å². The van der Waals surface area contributed by atoms with Crippen molar-refractivity contribution >= 4 is 18.1 Å². The summed E-state index contributed by atoms with van der Waals surface area (Å²) in [5.74, 6) is 1.25. The Kier molecular flexibility index (Phi) is 10.7. The minimum atomic E-state index is -0.468. The zero-order valence-corrected chi connectivity index (χ0v) is 22.3. The Labute approximate surface area is 225 Å². The van der Waals surface area contributed by atoms with Gasteiger partial charge in [-0.3, -0.25) is 0 Å². The highest BCUT2D eigenvalue weighted by Gasteiger charge is 2.50. The lowest BCUT2D eigenvalue weighted by molar-refractivity contribution is -0.147. The summed E-state index contributed by atoms with van der Waals surface area (Å²) in [6, 6.07) is 15.5. The van der Waals surface area contributed by atoms with E-state index in [1.807, 2.05) is 54.6 Å². The van der Waals surface area contributed by atoms with Gasteiger partial charge in [0.2, 0.25) is 0 Å². The molecule has 2 aliphatic rings. The molecule has 204 valence electrons. The highest BCUT2D eigenvalue weighted by Crippen LogP contribution is 2.31. The Morgan fingerprint density at radius 1 is 0.789 bits per heavy atom. The third kappa shape index (κ3) is 8.10. The molecule has 0 aliphatic carbocycles. The van der Waals surface area contributed by atoms with E-state index >= 15 is 0 Å². The van der Waals surface area contributed by atoms with Crippen LogP contribution < -0.4 is 9.47 Å². The molecule has 0 unspecified atom stereocenters. The summed E-state index contributed by atoms with van der Waals surface area (Å²) in [5.41, 5.74) is 1.90. The van der Waals surface area contributed by atoms with Crippen LogP contribution in [0.4, 0.5) is 0 Å². The molecule has 2 aliphatic heterocycles. The summed E-state index contributed by atoms with van der Waals surface area (Å²) in [4.78, 5) is 12.4. The molecule has 0 bridgehead atoms. The number of ether oxygens (including phenoxy) is 6. The molecule has 0 amide bonds. The van der Waals surface area contributed by atoms with Gasteiger partial charge in [-0.1, -0.05) is 51.0 Å². The van der Waals surface area contributed by atoms with E-state index in [2.05, 4.69) is 13.8 Å². The Hall–Kier alpha value is -3.29. The molecule has 38 heavy (non-hydrogen) atoms. The van der Waals surface area contributed by atoms with Crippen LogP contribution in [0.15, 0.2) is 60.9 Å². The molecule has 2 heterocycles. The number of rotatable bonds is 14. The molecule has 7 heteroatoms. The molecule has 4 atom stereocenters. The van der Waals surface area contributed by atoms with Gasteiger partial charge < -0.3 is 28.4 Å². The van der Waals surface area contributed by atoms with E-state index < -0.39 is 12.1 Å². The number of fused-ring (bicyclic) bond motifs is 1. The van der Waals surface area contributed by atoms with Crippen LogP contribution in [0.3, 0.4) is 0 Å². The maximum atomic E-state index is 12.4. The van der Waals surface area contributed by atoms with Crippen molar-refractivity contribution in [2.75, 3.05) is 26.4 Å². The number of unbranched alkanes of at least 4 members (excludes halogenated alkanes) is 2. The van der Waals surface area contributed by atoms with Crippen molar-refractivity contribution in [3.63, 3.8) is 0 Å². The average molecular weight is 523 g/mol. The predicted molar refractivity (Wildman–Crippen MR) is 146 cm³/mol. The molecule has 0 spiro atoms. The van der Waals surface area contributed by atoms with Gasteiger partial charge in [0.1, 0.15) is 29.8 Å². The smallest absolute Gasteiger partial charge is 0.331 e. The molecular weight excluding hydrogens is 484 g/mol. The largest absolute Gasteiger partial charge is 0.494 e. The molecular formula is C31H38O7. The first kappa shape index (κ1) is 27.7. The fraction of sp³-hybridized carbons (Fsp3) is 0.452. The van der Waals surface area contributed by atoms with Gasteiger partial charge in [0.25, 0.3) is 0 Å². The number of hydrogen-bond acceptors (Lipinski definition) is 7. The van der Waals surface area contributed by atoms with Gasteiger partial charge in [-0.2, -0.15) is 0 Å². The van der Waals surface area contributed by atoms with E-state index in [4.69, 9.17) is 28.4 Å². The van der Waals surface area contributed by atoms with E-state index in [-0.39, 0.29) is 24.9 Å². The van der Waals surface area contributed by atoms with Gasteiger partial charge in [-0.25, -0.2) is 4.79 Å². The van der Waals surface area contributed by atoms with Gasteiger partial charge in [-0.05, 0) is 60.4 Å². The van der Waals surface area contributed by atoms with Crippen LogP contribution in [0, 0.1) is 0 Å². The summed E-state index contributed by atoms with van der Waals surface area (Å²) in [6.07, 6.45) is 9.63. The molecule has 0 N–H and O–H groups in total. The molecule has 2 fully saturated rings.